The third kappa shape index (κ3) is 4.64. The maximum absolute atomic E-state index is 12.0. The predicted octanol–water partition coefficient (Wildman–Crippen LogP) is 3.45. The minimum Gasteiger partial charge on any atom is -0.455 e. The molecule has 0 fully saturated rings. The van der Waals surface area contributed by atoms with E-state index in [0.29, 0.717) is 39.8 Å². The summed E-state index contributed by atoms with van der Waals surface area (Å²) in [5.41, 5.74) is 4.28. The molecule has 10 nitrogen and oxygen atoms in total. The van der Waals surface area contributed by atoms with Gasteiger partial charge in [0.25, 0.3) is 11.6 Å². The van der Waals surface area contributed by atoms with Gasteiger partial charge in [0.05, 0.1) is 17.7 Å². The maximum atomic E-state index is 12.0. The summed E-state index contributed by atoms with van der Waals surface area (Å²) in [6, 6.07) is 13.5. The number of anilines is 1. The van der Waals surface area contributed by atoms with Crippen LogP contribution < -0.4 is 20.2 Å². The van der Waals surface area contributed by atoms with Crippen molar-refractivity contribution in [2.24, 2.45) is 5.10 Å². The molecule has 0 spiro atoms. The van der Waals surface area contributed by atoms with Crippen LogP contribution in [0, 0.1) is 17.0 Å². The van der Waals surface area contributed by atoms with Crippen LogP contribution in [-0.4, -0.2) is 30.4 Å². The molecule has 2 aromatic carbocycles. The SMILES string of the molecule is Cc1ccc(-c2ccc(/C=N\NC(=O)CNc3ccc4c(c3)OCO4)o2)cc1[N+](=O)[O-]. The molecule has 1 aliphatic heterocycles. The van der Waals surface area contributed by atoms with Gasteiger partial charge in [-0.3, -0.25) is 14.9 Å². The van der Waals surface area contributed by atoms with Crippen LogP contribution in [0.15, 0.2) is 58.0 Å². The lowest BCUT2D eigenvalue weighted by Gasteiger charge is -2.06. The molecule has 1 amide bonds. The standard InChI is InChI=1S/C21H18N4O6/c1-13-2-3-14(8-17(13)25(27)28)18-7-5-16(31-18)10-23-24-21(26)11-22-15-4-6-19-20(9-15)30-12-29-19/h2-10,22H,11-12H2,1H3,(H,24,26)/b23-10-. The third-order valence-corrected chi connectivity index (χ3v) is 4.52. The summed E-state index contributed by atoms with van der Waals surface area (Å²) in [5.74, 6) is 1.78. The van der Waals surface area contributed by atoms with Crippen LogP contribution in [0.5, 0.6) is 11.5 Å². The van der Waals surface area contributed by atoms with E-state index in [9.17, 15) is 14.9 Å². The normalized spacial score (nSPS) is 12.2. The summed E-state index contributed by atoms with van der Waals surface area (Å²) in [6.07, 6.45) is 1.35. The Kier molecular flexibility index (Phi) is 5.52. The first kappa shape index (κ1) is 20.0. The lowest BCUT2D eigenvalue weighted by Crippen LogP contribution is -2.25. The van der Waals surface area contributed by atoms with Gasteiger partial charge in [-0.25, -0.2) is 5.43 Å². The third-order valence-electron chi connectivity index (χ3n) is 4.52. The van der Waals surface area contributed by atoms with E-state index in [4.69, 9.17) is 13.9 Å². The van der Waals surface area contributed by atoms with E-state index in [2.05, 4.69) is 15.8 Å². The zero-order valence-electron chi connectivity index (χ0n) is 16.5. The Balaban J connectivity index is 1.31. The number of ether oxygens (including phenoxy) is 2. The van der Waals surface area contributed by atoms with E-state index in [1.807, 2.05) is 0 Å². The van der Waals surface area contributed by atoms with Crippen LogP contribution in [0.1, 0.15) is 11.3 Å². The molecule has 4 rings (SSSR count). The first-order valence-corrected chi connectivity index (χ1v) is 9.30. The van der Waals surface area contributed by atoms with Crippen molar-refractivity contribution in [3.05, 3.63) is 70.0 Å². The second-order valence-corrected chi connectivity index (χ2v) is 6.68. The van der Waals surface area contributed by atoms with Crippen molar-refractivity contribution in [3.8, 4) is 22.8 Å². The van der Waals surface area contributed by atoms with Gasteiger partial charge in [-0.1, -0.05) is 12.1 Å². The minimum absolute atomic E-state index is 0.00736. The number of benzene rings is 2. The smallest absolute Gasteiger partial charge is 0.273 e. The van der Waals surface area contributed by atoms with Crippen molar-refractivity contribution in [1.29, 1.82) is 0 Å². The molecule has 0 unspecified atom stereocenters. The number of hydrogen-bond acceptors (Lipinski definition) is 8. The van der Waals surface area contributed by atoms with Gasteiger partial charge in [0.1, 0.15) is 11.5 Å². The number of nitrogens with one attached hydrogen (secondary N) is 2. The molecule has 158 valence electrons. The van der Waals surface area contributed by atoms with Gasteiger partial charge in [0.2, 0.25) is 6.79 Å². The molecule has 0 saturated carbocycles. The largest absolute Gasteiger partial charge is 0.455 e. The van der Waals surface area contributed by atoms with E-state index in [1.54, 1.807) is 49.4 Å². The summed E-state index contributed by atoms with van der Waals surface area (Å²) < 4.78 is 16.2. The molecule has 3 aromatic rings. The molecule has 0 atom stereocenters. The second kappa shape index (κ2) is 8.57. The van der Waals surface area contributed by atoms with E-state index in [0.717, 1.165) is 0 Å². The fourth-order valence-electron chi connectivity index (χ4n) is 2.93. The van der Waals surface area contributed by atoms with Gasteiger partial charge in [0, 0.05) is 28.9 Å². The van der Waals surface area contributed by atoms with Crippen LogP contribution in [0.3, 0.4) is 0 Å². The Labute approximate surface area is 176 Å². The highest BCUT2D eigenvalue weighted by Crippen LogP contribution is 2.34. The zero-order valence-corrected chi connectivity index (χ0v) is 16.5. The number of nitrogens with zero attached hydrogens (tertiary/aromatic N) is 2. The molecular weight excluding hydrogens is 404 g/mol. The highest BCUT2D eigenvalue weighted by molar-refractivity contribution is 5.83. The number of aryl methyl sites for hydroxylation is 1. The second-order valence-electron chi connectivity index (χ2n) is 6.68. The quantitative estimate of drug-likeness (QED) is 0.339. The Morgan fingerprint density at radius 2 is 2.00 bits per heavy atom. The first-order valence-electron chi connectivity index (χ1n) is 9.30. The van der Waals surface area contributed by atoms with Crippen molar-refractivity contribution in [2.75, 3.05) is 18.7 Å². The van der Waals surface area contributed by atoms with Gasteiger partial charge in [-0.15, -0.1) is 0 Å². The van der Waals surface area contributed by atoms with Gasteiger partial charge in [0.15, 0.2) is 11.5 Å². The van der Waals surface area contributed by atoms with Crippen LogP contribution in [0.25, 0.3) is 11.3 Å². The molecule has 2 N–H and O–H groups in total. The molecule has 0 radical (unpaired) electrons. The molecule has 10 heteroatoms. The topological polar surface area (TPSA) is 128 Å². The molecular formula is C21H18N4O6. The number of nitro benzene ring substituents is 1. The van der Waals surface area contributed by atoms with Crippen molar-refractivity contribution in [2.45, 2.75) is 6.92 Å². The Hall–Kier alpha value is -4.34. The predicted molar refractivity (Wildman–Crippen MR) is 112 cm³/mol. The Morgan fingerprint density at radius 1 is 1.16 bits per heavy atom. The van der Waals surface area contributed by atoms with E-state index >= 15 is 0 Å². The number of hydrogen-bond donors (Lipinski definition) is 2. The van der Waals surface area contributed by atoms with Crippen molar-refractivity contribution < 1.29 is 23.6 Å². The molecule has 0 bridgehead atoms. The fourth-order valence-corrected chi connectivity index (χ4v) is 2.93. The summed E-state index contributed by atoms with van der Waals surface area (Å²) in [6.45, 7) is 1.86. The van der Waals surface area contributed by atoms with Gasteiger partial charge in [-0.05, 0) is 31.2 Å². The first-order chi connectivity index (χ1) is 15.0. The Bertz CT molecular complexity index is 1170. The maximum Gasteiger partial charge on any atom is 0.273 e. The average molecular weight is 422 g/mol. The summed E-state index contributed by atoms with van der Waals surface area (Å²) in [5, 5.41) is 17.9. The van der Waals surface area contributed by atoms with Crippen molar-refractivity contribution >= 4 is 23.5 Å². The van der Waals surface area contributed by atoms with Gasteiger partial charge >= 0.3 is 0 Å². The number of fused-ring (bicyclic) bond motifs is 1. The van der Waals surface area contributed by atoms with E-state index < -0.39 is 4.92 Å². The number of amides is 1. The zero-order chi connectivity index (χ0) is 21.8. The molecule has 0 aliphatic carbocycles. The fraction of sp³-hybridized carbons (Fsp3) is 0.143. The van der Waals surface area contributed by atoms with Crippen LogP contribution >= 0.6 is 0 Å². The summed E-state index contributed by atoms with van der Waals surface area (Å²) in [7, 11) is 0. The van der Waals surface area contributed by atoms with Crippen molar-refractivity contribution in [3.63, 3.8) is 0 Å². The summed E-state index contributed by atoms with van der Waals surface area (Å²) in [4.78, 5) is 22.6. The highest BCUT2D eigenvalue weighted by Gasteiger charge is 2.14. The molecule has 1 aliphatic rings. The monoisotopic (exact) mass is 422 g/mol. The number of carbonyl (C=O) groups is 1. The van der Waals surface area contributed by atoms with Crippen molar-refractivity contribution in [1.82, 2.24) is 5.43 Å². The molecule has 1 aromatic heterocycles. The van der Waals surface area contributed by atoms with Crippen LogP contribution in [0.4, 0.5) is 11.4 Å². The number of rotatable bonds is 7. The molecule has 31 heavy (non-hydrogen) atoms. The lowest BCUT2D eigenvalue weighted by atomic mass is 10.1. The van der Waals surface area contributed by atoms with E-state index in [1.165, 1.54) is 12.3 Å². The minimum atomic E-state index is -0.433. The average Bonchev–Trinajstić information content (AvgIpc) is 3.41. The number of carbonyl (C=O) groups excluding carboxylic acids is 1. The van der Waals surface area contributed by atoms with E-state index in [-0.39, 0.29) is 24.9 Å². The Morgan fingerprint density at radius 3 is 2.84 bits per heavy atom. The lowest BCUT2D eigenvalue weighted by molar-refractivity contribution is -0.385. The number of nitro groups is 1. The summed E-state index contributed by atoms with van der Waals surface area (Å²) >= 11 is 0. The van der Waals surface area contributed by atoms with Crippen LogP contribution in [-0.2, 0) is 4.79 Å². The highest BCUT2D eigenvalue weighted by atomic mass is 16.7. The number of hydrazone groups is 1. The molecule has 2 heterocycles. The number of furan rings is 1. The van der Waals surface area contributed by atoms with Gasteiger partial charge < -0.3 is 19.2 Å². The van der Waals surface area contributed by atoms with Gasteiger partial charge in [-0.2, -0.15) is 5.10 Å². The molecule has 0 saturated heterocycles. The van der Waals surface area contributed by atoms with Crippen LogP contribution in [0.2, 0.25) is 0 Å².